The van der Waals surface area contributed by atoms with Crippen LogP contribution < -0.4 is 10.5 Å². The van der Waals surface area contributed by atoms with Crippen molar-refractivity contribution in [3.8, 4) is 17.2 Å². The van der Waals surface area contributed by atoms with Crippen LogP contribution in [0, 0.1) is 6.92 Å². The molecular formula is C17H19ClN4O2S. The fourth-order valence-electron chi connectivity index (χ4n) is 2.67. The van der Waals surface area contributed by atoms with Crippen LogP contribution in [0.25, 0.3) is 11.5 Å². The van der Waals surface area contributed by atoms with E-state index in [9.17, 15) is 0 Å². The maximum Gasteiger partial charge on any atom is 0.258 e. The Kier molecular flexibility index (Phi) is 5.08. The number of nitrogens with zero attached hydrogens (tertiary/aromatic N) is 3. The molecule has 8 heteroatoms. The first-order valence-electron chi connectivity index (χ1n) is 7.90. The Hall–Kier alpha value is -1.96. The van der Waals surface area contributed by atoms with E-state index in [1.165, 1.54) is 0 Å². The van der Waals surface area contributed by atoms with Gasteiger partial charge in [-0.2, -0.15) is 4.98 Å². The quantitative estimate of drug-likeness (QED) is 0.725. The Morgan fingerprint density at radius 1 is 1.32 bits per heavy atom. The van der Waals surface area contributed by atoms with Crippen LogP contribution in [-0.2, 0) is 12.1 Å². The van der Waals surface area contributed by atoms with Crippen LogP contribution in [-0.4, -0.2) is 15.1 Å². The molecule has 0 unspecified atom stereocenters. The van der Waals surface area contributed by atoms with E-state index < -0.39 is 5.54 Å². The van der Waals surface area contributed by atoms with Crippen molar-refractivity contribution in [1.29, 1.82) is 0 Å². The highest BCUT2D eigenvalue weighted by molar-refractivity contribution is 7.09. The lowest BCUT2D eigenvalue weighted by atomic mass is 9.77. The predicted molar refractivity (Wildman–Crippen MR) is 97.9 cm³/mol. The Balaban J connectivity index is 0.00000182. The first-order chi connectivity index (χ1) is 11.6. The third-order valence-electron chi connectivity index (χ3n) is 4.25. The molecule has 1 saturated carbocycles. The summed E-state index contributed by atoms with van der Waals surface area (Å²) in [4.78, 5) is 8.86. The Labute approximate surface area is 155 Å². The molecule has 1 fully saturated rings. The monoisotopic (exact) mass is 378 g/mol. The molecule has 0 bridgehead atoms. The van der Waals surface area contributed by atoms with Crippen LogP contribution in [0.4, 0.5) is 0 Å². The molecule has 0 saturated heterocycles. The molecule has 0 aliphatic heterocycles. The zero-order chi connectivity index (χ0) is 16.6. The Morgan fingerprint density at radius 3 is 2.84 bits per heavy atom. The summed E-state index contributed by atoms with van der Waals surface area (Å²) in [5.74, 6) is 1.80. The number of halogens is 1. The van der Waals surface area contributed by atoms with Crippen LogP contribution in [0.3, 0.4) is 0 Å². The molecule has 25 heavy (non-hydrogen) atoms. The zero-order valence-electron chi connectivity index (χ0n) is 13.8. The summed E-state index contributed by atoms with van der Waals surface area (Å²) in [6, 6.07) is 7.61. The molecule has 0 radical (unpaired) electrons. The topological polar surface area (TPSA) is 87.1 Å². The van der Waals surface area contributed by atoms with Crippen LogP contribution in [0.2, 0.25) is 0 Å². The summed E-state index contributed by atoms with van der Waals surface area (Å²) >= 11 is 1.62. The first-order valence-corrected chi connectivity index (χ1v) is 8.78. The van der Waals surface area contributed by atoms with E-state index in [0.29, 0.717) is 18.3 Å². The average molecular weight is 379 g/mol. The highest BCUT2D eigenvalue weighted by Gasteiger charge is 2.39. The lowest BCUT2D eigenvalue weighted by molar-refractivity contribution is 0.229. The van der Waals surface area contributed by atoms with E-state index in [1.54, 1.807) is 11.3 Å². The maximum atomic E-state index is 6.24. The number of nitrogens with two attached hydrogens (primary N) is 1. The minimum Gasteiger partial charge on any atom is -0.487 e. The average Bonchev–Trinajstić information content (AvgIpc) is 3.20. The number of thiazole rings is 1. The molecule has 4 rings (SSSR count). The van der Waals surface area contributed by atoms with Gasteiger partial charge in [0.1, 0.15) is 12.4 Å². The summed E-state index contributed by atoms with van der Waals surface area (Å²) in [6.45, 7) is 2.42. The Bertz CT molecular complexity index is 860. The first kappa shape index (κ1) is 17.8. The minimum atomic E-state index is -0.418. The largest absolute Gasteiger partial charge is 0.487 e. The van der Waals surface area contributed by atoms with Gasteiger partial charge in [0.05, 0.1) is 16.2 Å². The van der Waals surface area contributed by atoms with Crippen molar-refractivity contribution in [2.24, 2.45) is 5.73 Å². The summed E-state index contributed by atoms with van der Waals surface area (Å²) < 4.78 is 11.2. The molecule has 0 spiro atoms. The normalized spacial score (nSPS) is 15.3. The SMILES string of the molecule is Cc1nc(COc2cccc(-c3nc(C4(N)CCC4)no3)c2)cs1.Cl. The van der Waals surface area contributed by atoms with Gasteiger partial charge in [-0.25, -0.2) is 4.98 Å². The third-order valence-corrected chi connectivity index (χ3v) is 5.07. The van der Waals surface area contributed by atoms with Crippen molar-refractivity contribution in [2.75, 3.05) is 0 Å². The number of ether oxygens (including phenoxy) is 1. The van der Waals surface area contributed by atoms with Crippen LogP contribution in [0.15, 0.2) is 34.2 Å². The van der Waals surface area contributed by atoms with Crippen molar-refractivity contribution in [1.82, 2.24) is 15.1 Å². The number of aromatic nitrogens is 3. The molecule has 2 aromatic heterocycles. The predicted octanol–water partition coefficient (Wildman–Crippen LogP) is 3.84. The highest BCUT2D eigenvalue weighted by Crippen LogP contribution is 2.37. The molecule has 0 atom stereocenters. The fourth-order valence-corrected chi connectivity index (χ4v) is 3.27. The molecule has 1 aliphatic rings. The molecule has 6 nitrogen and oxygen atoms in total. The minimum absolute atomic E-state index is 0. The van der Waals surface area contributed by atoms with Crippen molar-refractivity contribution in [2.45, 2.75) is 38.3 Å². The van der Waals surface area contributed by atoms with Crippen LogP contribution >= 0.6 is 23.7 Å². The third kappa shape index (κ3) is 3.68. The lowest BCUT2D eigenvalue weighted by Gasteiger charge is -2.34. The fraction of sp³-hybridized carbons (Fsp3) is 0.353. The van der Waals surface area contributed by atoms with Crippen molar-refractivity contribution in [3.63, 3.8) is 0 Å². The van der Waals surface area contributed by atoms with E-state index >= 15 is 0 Å². The standard InChI is InChI=1S/C17H18N4O2S.ClH/c1-11-19-13(10-24-11)9-22-14-5-2-4-12(8-14)15-20-16(21-23-15)17(18)6-3-7-17;/h2,4-5,8,10H,3,6-7,9,18H2,1H3;1H. The van der Waals surface area contributed by atoms with Crippen molar-refractivity contribution >= 4 is 23.7 Å². The molecular weight excluding hydrogens is 360 g/mol. The van der Waals surface area contributed by atoms with E-state index in [1.807, 2.05) is 36.6 Å². The second kappa shape index (κ2) is 7.11. The highest BCUT2D eigenvalue weighted by atomic mass is 35.5. The van der Waals surface area contributed by atoms with Gasteiger partial charge in [0.25, 0.3) is 5.89 Å². The van der Waals surface area contributed by atoms with Gasteiger partial charge in [-0.3, -0.25) is 0 Å². The summed E-state index contributed by atoms with van der Waals surface area (Å²) in [5.41, 5.74) is 7.58. The molecule has 2 N–H and O–H groups in total. The van der Waals surface area contributed by atoms with Crippen LogP contribution in [0.5, 0.6) is 5.75 Å². The van der Waals surface area contributed by atoms with E-state index in [0.717, 1.165) is 41.3 Å². The number of benzene rings is 1. The smallest absolute Gasteiger partial charge is 0.258 e. The van der Waals surface area contributed by atoms with Gasteiger partial charge in [-0.05, 0) is 44.4 Å². The van der Waals surface area contributed by atoms with Gasteiger partial charge in [0, 0.05) is 10.9 Å². The number of aryl methyl sites for hydroxylation is 1. The second-order valence-electron chi connectivity index (χ2n) is 6.11. The summed E-state index contributed by atoms with van der Waals surface area (Å²) in [7, 11) is 0. The van der Waals surface area contributed by atoms with Crippen LogP contribution in [0.1, 0.15) is 35.8 Å². The summed E-state index contributed by atoms with van der Waals surface area (Å²) in [6.07, 6.45) is 2.92. The van der Waals surface area contributed by atoms with Gasteiger partial charge in [-0.1, -0.05) is 11.2 Å². The molecule has 3 aromatic rings. The number of hydrogen-bond donors (Lipinski definition) is 1. The second-order valence-corrected chi connectivity index (χ2v) is 7.17. The number of hydrogen-bond acceptors (Lipinski definition) is 7. The molecule has 1 aromatic carbocycles. The van der Waals surface area contributed by atoms with Gasteiger partial charge in [0.15, 0.2) is 5.82 Å². The van der Waals surface area contributed by atoms with Gasteiger partial charge >= 0.3 is 0 Å². The van der Waals surface area contributed by atoms with Crippen molar-refractivity contribution in [3.05, 3.63) is 46.2 Å². The van der Waals surface area contributed by atoms with E-state index in [2.05, 4.69) is 15.1 Å². The zero-order valence-corrected chi connectivity index (χ0v) is 15.4. The van der Waals surface area contributed by atoms with E-state index in [4.69, 9.17) is 15.0 Å². The molecule has 1 aliphatic carbocycles. The van der Waals surface area contributed by atoms with Crippen molar-refractivity contribution < 1.29 is 9.26 Å². The maximum absolute atomic E-state index is 6.24. The number of rotatable bonds is 5. The van der Waals surface area contributed by atoms with E-state index in [-0.39, 0.29) is 12.4 Å². The summed E-state index contributed by atoms with van der Waals surface area (Å²) in [5, 5.41) is 7.09. The molecule has 2 heterocycles. The van der Waals surface area contributed by atoms with Gasteiger partial charge < -0.3 is 15.0 Å². The molecule has 0 amide bonds. The van der Waals surface area contributed by atoms with Gasteiger partial charge in [-0.15, -0.1) is 23.7 Å². The van der Waals surface area contributed by atoms with Gasteiger partial charge in [0.2, 0.25) is 0 Å². The molecule has 132 valence electrons. The lowest BCUT2D eigenvalue weighted by Crippen LogP contribution is -2.44. The Morgan fingerprint density at radius 2 is 2.16 bits per heavy atom.